The average Bonchev–Trinajstić information content (AvgIpc) is 3.22. The van der Waals surface area contributed by atoms with Gasteiger partial charge in [0.2, 0.25) is 0 Å². The van der Waals surface area contributed by atoms with Crippen molar-refractivity contribution in [2.75, 3.05) is 18.5 Å². The molecule has 4 heteroatoms. The molecule has 1 amide bonds. The molecule has 1 aliphatic carbocycles. The fraction of sp³-hybridized carbons (Fsp3) is 0.129. The van der Waals surface area contributed by atoms with Gasteiger partial charge in [0.15, 0.2) is 0 Å². The van der Waals surface area contributed by atoms with Crippen molar-refractivity contribution >= 4 is 23.5 Å². The molecule has 0 bridgehead atoms. The van der Waals surface area contributed by atoms with E-state index in [0.29, 0.717) is 13.2 Å². The zero-order valence-electron chi connectivity index (χ0n) is 19.5. The second-order valence-electron chi connectivity index (χ2n) is 8.56. The molecule has 5 rings (SSSR count). The molecule has 0 spiro atoms. The third kappa shape index (κ3) is 5.44. The minimum atomic E-state index is -0.378. The zero-order chi connectivity index (χ0) is 23.9. The number of amides is 1. The minimum Gasteiger partial charge on any atom is -0.449 e. The van der Waals surface area contributed by atoms with Crippen LogP contribution in [0.3, 0.4) is 0 Å². The molecule has 4 aromatic carbocycles. The smallest absolute Gasteiger partial charge is 0.407 e. The van der Waals surface area contributed by atoms with Gasteiger partial charge in [-0.05, 0) is 58.5 Å². The second-order valence-corrected chi connectivity index (χ2v) is 8.56. The molecule has 0 radical (unpaired) electrons. The number of rotatable bonds is 8. The summed E-state index contributed by atoms with van der Waals surface area (Å²) in [5, 5.41) is 6.23. The maximum atomic E-state index is 12.3. The predicted molar refractivity (Wildman–Crippen MR) is 143 cm³/mol. The molecule has 0 atom stereocenters. The second kappa shape index (κ2) is 10.7. The predicted octanol–water partition coefficient (Wildman–Crippen LogP) is 7.37. The van der Waals surface area contributed by atoms with E-state index in [4.69, 9.17) is 4.74 Å². The van der Waals surface area contributed by atoms with Gasteiger partial charge in [0.1, 0.15) is 6.61 Å². The van der Waals surface area contributed by atoms with Crippen LogP contribution in [0, 0.1) is 0 Å². The Balaban J connectivity index is 1.06. The molecule has 0 aromatic heterocycles. The fourth-order valence-corrected chi connectivity index (χ4v) is 4.49. The van der Waals surface area contributed by atoms with Crippen LogP contribution in [0.5, 0.6) is 0 Å². The van der Waals surface area contributed by atoms with Crippen LogP contribution in [-0.2, 0) is 4.74 Å². The first kappa shape index (κ1) is 22.5. The Morgan fingerprint density at radius 1 is 0.743 bits per heavy atom. The standard InChI is InChI=1S/C31H28N2O2/c34-31(35-22-30-28-15-6-4-13-26(28)27-14-5-7-16-29(27)30)32-21-9-8-10-23-17-19-25(20-18-23)33-24-11-2-1-3-12-24/h1-8,10-20,30,33H,9,21-22H2,(H,32,34). The number of carbonyl (C=O) groups excluding carboxylic acids is 1. The van der Waals surface area contributed by atoms with Gasteiger partial charge < -0.3 is 15.4 Å². The van der Waals surface area contributed by atoms with Crippen molar-refractivity contribution in [3.63, 3.8) is 0 Å². The van der Waals surface area contributed by atoms with Gasteiger partial charge in [-0.2, -0.15) is 0 Å². The van der Waals surface area contributed by atoms with E-state index in [9.17, 15) is 4.79 Å². The third-order valence-electron chi connectivity index (χ3n) is 6.21. The van der Waals surface area contributed by atoms with Crippen LogP contribution >= 0.6 is 0 Å². The normalized spacial score (nSPS) is 12.2. The summed E-state index contributed by atoms with van der Waals surface area (Å²) in [7, 11) is 0. The van der Waals surface area contributed by atoms with Crippen LogP contribution < -0.4 is 10.6 Å². The molecular weight excluding hydrogens is 432 g/mol. The summed E-state index contributed by atoms with van der Waals surface area (Å²) in [4.78, 5) is 12.3. The van der Waals surface area contributed by atoms with E-state index in [1.54, 1.807) is 0 Å². The molecule has 2 N–H and O–H groups in total. The molecule has 0 heterocycles. The minimum absolute atomic E-state index is 0.0763. The van der Waals surface area contributed by atoms with Crippen LogP contribution in [0.25, 0.3) is 17.2 Å². The Bertz CT molecular complexity index is 1270. The summed E-state index contributed by atoms with van der Waals surface area (Å²) >= 11 is 0. The number of carbonyl (C=O) groups is 1. The molecule has 0 saturated heterocycles. The lowest BCUT2D eigenvalue weighted by Gasteiger charge is -2.14. The van der Waals surface area contributed by atoms with Crippen LogP contribution in [0.4, 0.5) is 16.2 Å². The van der Waals surface area contributed by atoms with Crippen molar-refractivity contribution in [3.05, 3.63) is 126 Å². The van der Waals surface area contributed by atoms with Crippen LogP contribution in [0.15, 0.2) is 109 Å². The van der Waals surface area contributed by atoms with E-state index in [0.717, 1.165) is 23.4 Å². The number of hydrogen-bond acceptors (Lipinski definition) is 3. The van der Waals surface area contributed by atoms with E-state index < -0.39 is 0 Å². The monoisotopic (exact) mass is 460 g/mol. The van der Waals surface area contributed by atoms with Crippen molar-refractivity contribution in [1.29, 1.82) is 0 Å². The van der Waals surface area contributed by atoms with E-state index >= 15 is 0 Å². The molecule has 0 fully saturated rings. The quantitative estimate of drug-likeness (QED) is 0.270. The molecule has 1 aliphatic rings. The summed E-state index contributed by atoms with van der Waals surface area (Å²) in [6, 6.07) is 35.0. The largest absolute Gasteiger partial charge is 0.449 e. The van der Waals surface area contributed by atoms with E-state index in [1.165, 1.54) is 22.3 Å². The Morgan fingerprint density at radius 3 is 2.03 bits per heavy atom. The number of para-hydroxylation sites is 1. The number of ether oxygens (including phenoxy) is 1. The Morgan fingerprint density at radius 2 is 1.34 bits per heavy atom. The highest BCUT2D eigenvalue weighted by atomic mass is 16.5. The first-order chi connectivity index (χ1) is 17.3. The molecule has 4 nitrogen and oxygen atoms in total. The molecule has 174 valence electrons. The van der Waals surface area contributed by atoms with E-state index in [2.05, 4.69) is 83.4 Å². The number of nitrogens with one attached hydrogen (secondary N) is 2. The van der Waals surface area contributed by atoms with Crippen molar-refractivity contribution in [2.24, 2.45) is 0 Å². The van der Waals surface area contributed by atoms with Crippen molar-refractivity contribution in [2.45, 2.75) is 12.3 Å². The summed E-state index contributed by atoms with van der Waals surface area (Å²) in [6.07, 6.45) is 4.47. The zero-order valence-corrected chi connectivity index (χ0v) is 19.5. The highest BCUT2D eigenvalue weighted by molar-refractivity contribution is 5.79. The summed E-state index contributed by atoms with van der Waals surface area (Å²) in [5.74, 6) is 0.0763. The molecule has 0 saturated carbocycles. The summed E-state index contributed by atoms with van der Waals surface area (Å²) in [6.45, 7) is 0.861. The van der Waals surface area contributed by atoms with Crippen molar-refractivity contribution < 1.29 is 9.53 Å². The number of alkyl carbamates (subject to hydrolysis) is 1. The highest BCUT2D eigenvalue weighted by Crippen LogP contribution is 2.44. The Kier molecular flexibility index (Phi) is 6.90. The van der Waals surface area contributed by atoms with Gasteiger partial charge in [0, 0.05) is 23.8 Å². The summed E-state index contributed by atoms with van der Waals surface area (Å²) < 4.78 is 5.59. The van der Waals surface area contributed by atoms with Crippen LogP contribution in [0.1, 0.15) is 29.0 Å². The topological polar surface area (TPSA) is 50.4 Å². The molecule has 4 aromatic rings. The molecular formula is C31H28N2O2. The Labute approximate surface area is 206 Å². The molecule has 35 heavy (non-hydrogen) atoms. The third-order valence-corrected chi connectivity index (χ3v) is 6.21. The number of fused-ring (bicyclic) bond motifs is 3. The maximum absolute atomic E-state index is 12.3. The lowest BCUT2D eigenvalue weighted by Crippen LogP contribution is -2.26. The van der Waals surface area contributed by atoms with Gasteiger partial charge in [-0.3, -0.25) is 0 Å². The van der Waals surface area contributed by atoms with E-state index in [1.807, 2.05) is 42.5 Å². The van der Waals surface area contributed by atoms with Gasteiger partial charge in [-0.1, -0.05) is 91.0 Å². The molecule has 0 unspecified atom stereocenters. The highest BCUT2D eigenvalue weighted by Gasteiger charge is 2.28. The average molecular weight is 461 g/mol. The van der Waals surface area contributed by atoms with Gasteiger partial charge in [-0.15, -0.1) is 0 Å². The fourth-order valence-electron chi connectivity index (χ4n) is 4.49. The summed E-state index contributed by atoms with van der Waals surface area (Å²) in [5.41, 5.74) is 8.12. The Hall–Kier alpha value is -4.31. The molecule has 0 aliphatic heterocycles. The van der Waals surface area contributed by atoms with Crippen LogP contribution in [0.2, 0.25) is 0 Å². The van der Waals surface area contributed by atoms with Gasteiger partial charge in [0.05, 0.1) is 0 Å². The van der Waals surface area contributed by atoms with Gasteiger partial charge in [-0.25, -0.2) is 4.79 Å². The SMILES string of the molecule is O=C(NCCC=Cc1ccc(Nc2ccccc2)cc1)OCC1c2ccccc2-c2ccccc21. The number of benzene rings is 4. The number of anilines is 2. The first-order valence-corrected chi connectivity index (χ1v) is 12.0. The lowest BCUT2D eigenvalue weighted by molar-refractivity contribution is 0.143. The van der Waals surface area contributed by atoms with Gasteiger partial charge >= 0.3 is 6.09 Å². The first-order valence-electron chi connectivity index (χ1n) is 12.0. The van der Waals surface area contributed by atoms with E-state index in [-0.39, 0.29) is 12.0 Å². The van der Waals surface area contributed by atoms with Crippen LogP contribution in [-0.4, -0.2) is 19.2 Å². The maximum Gasteiger partial charge on any atom is 0.407 e. The van der Waals surface area contributed by atoms with Crippen molar-refractivity contribution in [3.8, 4) is 11.1 Å². The van der Waals surface area contributed by atoms with Gasteiger partial charge in [0.25, 0.3) is 0 Å². The number of hydrogen-bond donors (Lipinski definition) is 2. The van der Waals surface area contributed by atoms with Crippen molar-refractivity contribution in [1.82, 2.24) is 5.32 Å². The lowest BCUT2D eigenvalue weighted by atomic mass is 9.98.